The first-order chi connectivity index (χ1) is 28.7. The minimum Gasteiger partial charge on any atom is -0.456 e. The van der Waals surface area contributed by atoms with Crippen LogP contribution in [-0.2, 0) is 0 Å². The van der Waals surface area contributed by atoms with E-state index in [1.165, 1.54) is 43.4 Å². The van der Waals surface area contributed by atoms with Gasteiger partial charge in [0, 0.05) is 43.9 Å². The molecule has 0 saturated carbocycles. The predicted molar refractivity (Wildman–Crippen MR) is 238 cm³/mol. The first-order valence-electron chi connectivity index (χ1n) is 19.5. The topological polar surface area (TPSA) is 56.7 Å². The lowest BCUT2D eigenvalue weighted by Crippen LogP contribution is -2.00. The number of benzene rings is 9. The fourth-order valence-electron chi connectivity index (χ4n) is 8.61. The number of para-hydroxylation sites is 1. The molecule has 0 aliphatic rings. The van der Waals surface area contributed by atoms with Gasteiger partial charge in [0.2, 0.25) is 0 Å². The molecular formula is C53H32N4O. The normalized spacial score (nSPS) is 11.8. The van der Waals surface area contributed by atoms with E-state index in [0.717, 1.165) is 55.4 Å². The average molecular weight is 741 g/mol. The van der Waals surface area contributed by atoms with Gasteiger partial charge in [-0.3, -0.25) is 0 Å². The van der Waals surface area contributed by atoms with Crippen LogP contribution in [0.15, 0.2) is 199 Å². The maximum Gasteiger partial charge on any atom is 0.164 e. The molecule has 270 valence electrons. The van der Waals surface area contributed by atoms with Gasteiger partial charge in [-0.25, -0.2) is 15.0 Å². The number of aromatic nitrogens is 4. The van der Waals surface area contributed by atoms with Crippen LogP contribution in [0.4, 0.5) is 0 Å². The van der Waals surface area contributed by atoms with Crippen molar-refractivity contribution in [1.29, 1.82) is 0 Å². The lowest BCUT2D eigenvalue weighted by atomic mass is 9.99. The Hall–Kier alpha value is -7.89. The van der Waals surface area contributed by atoms with Crippen LogP contribution in [0, 0.1) is 0 Å². The molecule has 12 aromatic rings. The van der Waals surface area contributed by atoms with Gasteiger partial charge in [0.15, 0.2) is 17.5 Å². The summed E-state index contributed by atoms with van der Waals surface area (Å²) in [6.07, 6.45) is 0. The highest BCUT2D eigenvalue weighted by Gasteiger charge is 2.19. The molecule has 0 unspecified atom stereocenters. The van der Waals surface area contributed by atoms with Crippen molar-refractivity contribution in [3.05, 3.63) is 194 Å². The molecule has 0 amide bonds. The minimum atomic E-state index is 0.605. The van der Waals surface area contributed by atoms with Crippen molar-refractivity contribution in [3.8, 4) is 51.0 Å². The molecule has 5 nitrogen and oxygen atoms in total. The zero-order chi connectivity index (χ0) is 38.2. The highest BCUT2D eigenvalue weighted by molar-refractivity contribution is 6.14. The lowest BCUT2D eigenvalue weighted by Gasteiger charge is -2.11. The quantitative estimate of drug-likeness (QED) is 0.176. The molecule has 0 bridgehead atoms. The fourth-order valence-corrected chi connectivity index (χ4v) is 8.61. The summed E-state index contributed by atoms with van der Waals surface area (Å²) < 4.78 is 8.97. The van der Waals surface area contributed by atoms with Crippen LogP contribution in [0.3, 0.4) is 0 Å². The van der Waals surface area contributed by atoms with Gasteiger partial charge in [0.25, 0.3) is 0 Å². The van der Waals surface area contributed by atoms with Crippen LogP contribution in [-0.4, -0.2) is 19.5 Å². The van der Waals surface area contributed by atoms with Crippen molar-refractivity contribution < 1.29 is 4.42 Å². The second-order valence-electron chi connectivity index (χ2n) is 14.8. The van der Waals surface area contributed by atoms with Gasteiger partial charge in [-0.15, -0.1) is 0 Å². The van der Waals surface area contributed by atoms with Crippen molar-refractivity contribution in [2.75, 3.05) is 0 Å². The van der Waals surface area contributed by atoms with Crippen molar-refractivity contribution in [3.63, 3.8) is 0 Å². The molecular weight excluding hydrogens is 709 g/mol. The number of hydrogen-bond acceptors (Lipinski definition) is 4. The van der Waals surface area contributed by atoms with Gasteiger partial charge in [0.1, 0.15) is 11.2 Å². The molecule has 0 aliphatic heterocycles. The van der Waals surface area contributed by atoms with E-state index in [1.807, 2.05) is 72.8 Å². The Labute approximate surface area is 333 Å². The molecule has 0 fully saturated rings. The molecule has 0 aliphatic carbocycles. The number of fused-ring (bicyclic) bond motifs is 8. The molecule has 58 heavy (non-hydrogen) atoms. The van der Waals surface area contributed by atoms with Crippen LogP contribution in [0.1, 0.15) is 0 Å². The van der Waals surface area contributed by atoms with Crippen molar-refractivity contribution in [1.82, 2.24) is 19.5 Å². The van der Waals surface area contributed by atoms with E-state index in [1.54, 1.807) is 0 Å². The lowest BCUT2D eigenvalue weighted by molar-refractivity contribution is 0.669. The standard InChI is InChI=1S/C53H32N4O/c1-3-12-33(13-4-1)51-54-52(34-14-5-2-6-15-34)56-53(55-51)44-19-11-21-48-50(44)43-27-25-40(32-49(43)58-48)37-22-23-39-29-41(26-24-38(39)28-37)57-46-20-10-9-18-42(46)45-30-35-16-7-8-17-36(35)31-47(45)57/h1-32H. The maximum absolute atomic E-state index is 6.57. The molecule has 0 saturated heterocycles. The van der Waals surface area contributed by atoms with E-state index in [0.29, 0.717) is 17.5 Å². The predicted octanol–water partition coefficient (Wildman–Crippen LogP) is 13.8. The largest absolute Gasteiger partial charge is 0.456 e. The summed E-state index contributed by atoms with van der Waals surface area (Å²) in [6, 6.07) is 68.2. The van der Waals surface area contributed by atoms with E-state index in [2.05, 4.69) is 126 Å². The summed E-state index contributed by atoms with van der Waals surface area (Å²) in [5.41, 5.74) is 10.1. The van der Waals surface area contributed by atoms with Crippen molar-refractivity contribution in [2.45, 2.75) is 0 Å². The van der Waals surface area contributed by atoms with Gasteiger partial charge in [-0.2, -0.15) is 0 Å². The van der Waals surface area contributed by atoms with Crippen LogP contribution in [0.25, 0.3) is 116 Å². The van der Waals surface area contributed by atoms with E-state index >= 15 is 0 Å². The average Bonchev–Trinajstić information content (AvgIpc) is 3.83. The van der Waals surface area contributed by atoms with Crippen LogP contribution < -0.4 is 0 Å². The van der Waals surface area contributed by atoms with E-state index in [-0.39, 0.29) is 0 Å². The van der Waals surface area contributed by atoms with Gasteiger partial charge in [-0.05, 0) is 87.3 Å². The summed E-state index contributed by atoms with van der Waals surface area (Å²) in [5.74, 6) is 1.86. The molecule has 3 heterocycles. The first-order valence-corrected chi connectivity index (χ1v) is 19.5. The van der Waals surface area contributed by atoms with Crippen LogP contribution in [0.5, 0.6) is 0 Å². The highest BCUT2D eigenvalue weighted by Crippen LogP contribution is 2.40. The molecule has 0 atom stereocenters. The smallest absolute Gasteiger partial charge is 0.164 e. The van der Waals surface area contributed by atoms with E-state index in [4.69, 9.17) is 19.4 Å². The monoisotopic (exact) mass is 740 g/mol. The van der Waals surface area contributed by atoms with Gasteiger partial charge in [0.05, 0.1) is 11.0 Å². The van der Waals surface area contributed by atoms with Crippen molar-refractivity contribution in [2.24, 2.45) is 0 Å². The Balaban J connectivity index is 0.946. The molecule has 0 N–H and O–H groups in total. The Kier molecular flexibility index (Phi) is 7.16. The Bertz CT molecular complexity index is 3510. The fraction of sp³-hybridized carbons (Fsp3) is 0. The minimum absolute atomic E-state index is 0.605. The third-order valence-corrected chi connectivity index (χ3v) is 11.4. The highest BCUT2D eigenvalue weighted by atomic mass is 16.3. The van der Waals surface area contributed by atoms with E-state index < -0.39 is 0 Å². The van der Waals surface area contributed by atoms with Crippen LogP contribution >= 0.6 is 0 Å². The van der Waals surface area contributed by atoms with Gasteiger partial charge in [-0.1, -0.05) is 140 Å². The Morgan fingerprint density at radius 2 is 0.966 bits per heavy atom. The second kappa shape index (κ2) is 12.8. The third-order valence-electron chi connectivity index (χ3n) is 11.4. The zero-order valence-electron chi connectivity index (χ0n) is 31.2. The summed E-state index contributed by atoms with van der Waals surface area (Å²) in [4.78, 5) is 15.0. The third kappa shape index (κ3) is 5.21. The second-order valence-corrected chi connectivity index (χ2v) is 14.8. The zero-order valence-corrected chi connectivity index (χ0v) is 31.2. The molecule has 0 spiro atoms. The van der Waals surface area contributed by atoms with Crippen molar-refractivity contribution >= 4 is 65.3 Å². The molecule has 5 heteroatoms. The first kappa shape index (κ1) is 32.4. The number of furan rings is 1. The van der Waals surface area contributed by atoms with E-state index in [9.17, 15) is 0 Å². The number of hydrogen-bond donors (Lipinski definition) is 0. The summed E-state index contributed by atoms with van der Waals surface area (Å²) in [5, 5.41) is 9.38. The summed E-state index contributed by atoms with van der Waals surface area (Å²) in [7, 11) is 0. The molecule has 3 aromatic heterocycles. The summed E-state index contributed by atoms with van der Waals surface area (Å²) in [6.45, 7) is 0. The Morgan fingerprint density at radius 3 is 1.76 bits per heavy atom. The SMILES string of the molecule is c1ccc(-c2nc(-c3ccccc3)nc(-c3cccc4oc5cc(-c6ccc7cc(-n8c9ccccc9c9cc%10ccccc%10cc98)ccc7c6)ccc5c34)n2)cc1. The maximum atomic E-state index is 6.57. The van der Waals surface area contributed by atoms with Gasteiger partial charge >= 0.3 is 0 Å². The number of nitrogens with zero attached hydrogens (tertiary/aromatic N) is 4. The molecule has 9 aromatic carbocycles. The molecule has 0 radical (unpaired) electrons. The molecule has 12 rings (SSSR count). The number of rotatable bonds is 5. The summed E-state index contributed by atoms with van der Waals surface area (Å²) >= 11 is 0. The Morgan fingerprint density at radius 1 is 0.345 bits per heavy atom. The van der Waals surface area contributed by atoms with Gasteiger partial charge < -0.3 is 8.98 Å². The van der Waals surface area contributed by atoms with Crippen LogP contribution in [0.2, 0.25) is 0 Å².